The summed E-state index contributed by atoms with van der Waals surface area (Å²) in [5.74, 6) is -8.12. The summed E-state index contributed by atoms with van der Waals surface area (Å²) in [5.41, 5.74) is 10.9. The lowest BCUT2D eigenvalue weighted by Gasteiger charge is -2.25. The van der Waals surface area contributed by atoms with Gasteiger partial charge in [-0.05, 0) is 39.0 Å². The first-order chi connectivity index (χ1) is 29.8. The van der Waals surface area contributed by atoms with Crippen LogP contribution >= 0.6 is 0 Å². The minimum atomic E-state index is -1.71. The van der Waals surface area contributed by atoms with Gasteiger partial charge in [-0.2, -0.15) is 0 Å². The summed E-state index contributed by atoms with van der Waals surface area (Å²) in [5, 5.41) is 27.0. The van der Waals surface area contributed by atoms with E-state index in [0.29, 0.717) is 18.0 Å². The van der Waals surface area contributed by atoms with Crippen molar-refractivity contribution >= 4 is 59.1 Å². The van der Waals surface area contributed by atoms with Gasteiger partial charge < -0.3 is 63.5 Å². The number of carbonyl (C=O) groups is 10. The van der Waals surface area contributed by atoms with Crippen LogP contribution in [0.25, 0.3) is 0 Å². The van der Waals surface area contributed by atoms with E-state index in [1.807, 2.05) is 0 Å². The molecule has 1 saturated heterocycles. The Labute approximate surface area is 365 Å². The Morgan fingerprint density at radius 3 is 1.95 bits per heavy atom. The molecule has 2 heterocycles. The average molecular weight is 892 g/mol. The molecule has 2 unspecified atom stereocenters. The van der Waals surface area contributed by atoms with Gasteiger partial charge in [0.05, 0.1) is 19.0 Å². The molecule has 0 aromatic carbocycles. The Morgan fingerprint density at radius 1 is 0.762 bits per heavy atom. The number of nitrogens with one attached hydrogen (secondary N) is 8. The number of carbonyl (C=O) groups excluding carboxylic acids is 10. The summed E-state index contributed by atoms with van der Waals surface area (Å²) >= 11 is 0. The number of aliphatic hydroxyl groups excluding tert-OH is 1. The van der Waals surface area contributed by atoms with Gasteiger partial charge in [0.1, 0.15) is 42.9 Å². The second-order valence-corrected chi connectivity index (χ2v) is 16.0. The zero-order valence-electron chi connectivity index (χ0n) is 36.4. The number of nitrogens with zero attached hydrogens (tertiary/aromatic N) is 1. The number of esters is 1. The smallest absolute Gasteiger partial charge is 0.328 e. The highest BCUT2D eigenvalue weighted by Gasteiger charge is 2.35. The van der Waals surface area contributed by atoms with Crippen molar-refractivity contribution in [3.63, 3.8) is 0 Å². The van der Waals surface area contributed by atoms with Crippen molar-refractivity contribution in [1.82, 2.24) is 47.2 Å². The van der Waals surface area contributed by atoms with Crippen LogP contribution in [0, 0.1) is 5.92 Å². The average Bonchev–Trinajstić information content (AvgIpc) is 3.73. The van der Waals surface area contributed by atoms with Gasteiger partial charge in [0.15, 0.2) is 0 Å². The van der Waals surface area contributed by atoms with E-state index in [1.54, 1.807) is 0 Å². The van der Waals surface area contributed by atoms with Crippen molar-refractivity contribution < 1.29 is 57.8 Å². The molecule has 63 heavy (non-hydrogen) atoms. The van der Waals surface area contributed by atoms with E-state index in [-0.39, 0.29) is 32.1 Å². The molecule has 0 saturated carbocycles. The van der Waals surface area contributed by atoms with E-state index in [2.05, 4.69) is 61.0 Å². The summed E-state index contributed by atoms with van der Waals surface area (Å²) in [6, 6.07) is -8.87. The van der Waals surface area contributed by atoms with Gasteiger partial charge >= 0.3 is 5.97 Å². The van der Waals surface area contributed by atoms with E-state index >= 15 is 0 Å². The van der Waals surface area contributed by atoms with Crippen LogP contribution in [-0.2, 0) is 59.1 Å². The topological polar surface area (TPSA) is 365 Å². The molecule has 0 radical (unpaired) electrons. The van der Waals surface area contributed by atoms with Crippen molar-refractivity contribution in [2.24, 2.45) is 17.4 Å². The zero-order chi connectivity index (χ0) is 47.1. The molecule has 9 amide bonds. The number of unbranched alkanes of at least 4 members (excludes halogenated alkanes) is 5. The molecule has 2 rings (SSSR count). The molecule has 352 valence electrons. The maximum Gasteiger partial charge on any atom is 0.328 e. The SMILES string of the molecule is CC(C)CCCCCCCCC(=O)N[C@H](C(=O)NCC(=O)N[C@@H](C)C(=O)NC1COC(=O)[C@H](CCC(N)=O)NC(=O)[C@H](CCC(N)=O)NC(=O)C(Cc2cnc[nH]2)NC1=O)[C@@H](C)O. The summed E-state index contributed by atoms with van der Waals surface area (Å²) in [4.78, 5) is 135. The van der Waals surface area contributed by atoms with E-state index in [0.717, 1.165) is 25.7 Å². The number of primary amides is 2. The molecule has 23 nitrogen and oxygen atoms in total. The molecule has 23 heteroatoms. The number of aliphatic hydroxyl groups is 1. The van der Waals surface area contributed by atoms with Crippen LogP contribution in [0.15, 0.2) is 12.5 Å². The first kappa shape index (κ1) is 53.0. The van der Waals surface area contributed by atoms with Crippen LogP contribution < -0.4 is 48.7 Å². The van der Waals surface area contributed by atoms with Crippen LogP contribution in [0.4, 0.5) is 0 Å². The lowest BCUT2D eigenvalue weighted by atomic mass is 10.0. The number of cyclic esters (lactones) is 1. The van der Waals surface area contributed by atoms with Crippen molar-refractivity contribution in [2.45, 2.75) is 154 Å². The summed E-state index contributed by atoms with van der Waals surface area (Å²) < 4.78 is 5.32. The highest BCUT2D eigenvalue weighted by molar-refractivity contribution is 5.97. The lowest BCUT2D eigenvalue weighted by Crippen LogP contribution is -2.59. The molecule has 0 spiro atoms. The van der Waals surface area contributed by atoms with Crippen LogP contribution in [0.1, 0.15) is 110 Å². The minimum Gasteiger partial charge on any atom is -0.461 e. The number of hydrogen-bond donors (Lipinski definition) is 11. The second kappa shape index (κ2) is 27.7. The third-order valence-electron chi connectivity index (χ3n) is 9.94. The van der Waals surface area contributed by atoms with Crippen LogP contribution in [0.5, 0.6) is 0 Å². The zero-order valence-corrected chi connectivity index (χ0v) is 36.4. The summed E-state index contributed by atoms with van der Waals surface area (Å²) in [6.07, 6.45) is 6.88. The Balaban J connectivity index is 2.12. The largest absolute Gasteiger partial charge is 0.461 e. The lowest BCUT2D eigenvalue weighted by molar-refractivity contribution is -0.150. The molecular formula is C40H65N11O12. The predicted molar refractivity (Wildman–Crippen MR) is 224 cm³/mol. The molecule has 1 aliphatic heterocycles. The van der Waals surface area contributed by atoms with Crippen LogP contribution in [0.3, 0.4) is 0 Å². The molecule has 7 atom stereocenters. The highest BCUT2D eigenvalue weighted by atomic mass is 16.5. The Bertz CT molecular complexity index is 1720. The number of imidazole rings is 1. The van der Waals surface area contributed by atoms with Crippen LogP contribution in [-0.4, -0.2) is 130 Å². The molecule has 1 fully saturated rings. The highest BCUT2D eigenvalue weighted by Crippen LogP contribution is 2.13. The van der Waals surface area contributed by atoms with Gasteiger partial charge in [0.25, 0.3) is 0 Å². The Morgan fingerprint density at radius 2 is 1.35 bits per heavy atom. The monoisotopic (exact) mass is 891 g/mol. The minimum absolute atomic E-state index is 0.150. The van der Waals surface area contributed by atoms with Gasteiger partial charge in [-0.1, -0.05) is 52.4 Å². The number of H-pyrrole nitrogens is 1. The van der Waals surface area contributed by atoms with E-state index in [1.165, 1.54) is 39.2 Å². The Kier molecular flexibility index (Phi) is 23.3. The van der Waals surface area contributed by atoms with Gasteiger partial charge in [0.2, 0.25) is 53.2 Å². The van der Waals surface area contributed by atoms with Crippen LogP contribution in [0.2, 0.25) is 0 Å². The number of hydrogen-bond acceptors (Lipinski definition) is 13. The first-order valence-corrected chi connectivity index (χ1v) is 21.2. The third-order valence-corrected chi connectivity index (χ3v) is 9.94. The normalized spacial score (nSPS) is 19.8. The van der Waals surface area contributed by atoms with Crippen molar-refractivity contribution in [3.05, 3.63) is 18.2 Å². The quantitative estimate of drug-likeness (QED) is 0.0351. The van der Waals surface area contributed by atoms with Gasteiger partial charge in [-0.15, -0.1) is 0 Å². The fourth-order valence-corrected chi connectivity index (χ4v) is 6.31. The number of nitrogens with two attached hydrogens (primary N) is 2. The summed E-state index contributed by atoms with van der Waals surface area (Å²) in [6.45, 7) is 5.40. The maximum absolute atomic E-state index is 13.7. The maximum atomic E-state index is 13.7. The predicted octanol–water partition coefficient (Wildman–Crippen LogP) is -2.76. The van der Waals surface area contributed by atoms with Crippen molar-refractivity contribution in [1.29, 1.82) is 0 Å². The Hall–Kier alpha value is -6.13. The molecule has 0 aliphatic carbocycles. The van der Waals surface area contributed by atoms with E-state index in [4.69, 9.17) is 16.2 Å². The van der Waals surface area contributed by atoms with Crippen molar-refractivity contribution in [3.8, 4) is 0 Å². The van der Waals surface area contributed by atoms with E-state index in [9.17, 15) is 53.1 Å². The fraction of sp³-hybridized carbons (Fsp3) is 0.675. The molecular weight excluding hydrogens is 827 g/mol. The molecule has 13 N–H and O–H groups in total. The first-order valence-electron chi connectivity index (χ1n) is 21.2. The number of rotatable bonds is 25. The molecule has 1 aromatic heterocycles. The number of aromatic nitrogens is 2. The number of ether oxygens (including phenoxy) is 1. The molecule has 0 bridgehead atoms. The molecule has 1 aliphatic rings. The van der Waals surface area contributed by atoms with Gasteiger partial charge in [0, 0.05) is 37.6 Å². The number of amides is 9. The second-order valence-electron chi connectivity index (χ2n) is 16.0. The fourth-order valence-electron chi connectivity index (χ4n) is 6.31. The standard InChI is InChI=1S/C40H65N11O12/c1-22(2)11-9-7-5-6-8-10-12-32(55)51-34(24(4)52)39(61)44-19-33(56)46-23(3)35(57)50-29-20-63-40(62)27(14-16-31(42)54)48-36(58)26(13-15-30(41)53)47-37(59)28(49-38(29)60)17-25-18-43-21-45-25/h18,21-24,26-29,34,52H,5-17,19-20H2,1-4H3,(H2,41,53)(H2,42,54)(H,43,45)(H,44,61)(H,46,56)(H,47,59)(H,48,58)(H,49,60)(H,50,57)(H,51,55)/t23-,24+,26-,27-,28?,29?,34-/m0/s1. The van der Waals surface area contributed by atoms with Crippen molar-refractivity contribution in [2.75, 3.05) is 13.2 Å². The van der Waals surface area contributed by atoms with E-state index < -0.39 is 121 Å². The number of aromatic amines is 1. The molecule has 1 aromatic rings. The summed E-state index contributed by atoms with van der Waals surface area (Å²) in [7, 11) is 0. The van der Waals surface area contributed by atoms with Gasteiger partial charge in [-0.3, -0.25) is 43.2 Å². The van der Waals surface area contributed by atoms with Gasteiger partial charge in [-0.25, -0.2) is 9.78 Å². The third kappa shape index (κ3) is 21.0.